The van der Waals surface area contributed by atoms with E-state index in [2.05, 4.69) is 4.72 Å². The van der Waals surface area contributed by atoms with Crippen LogP contribution in [0.1, 0.15) is 32.7 Å². The minimum atomic E-state index is -3.99. The zero-order chi connectivity index (χ0) is 28.3. The molecule has 4 aromatic carbocycles. The normalized spacial score (nSPS) is 13.8. The molecule has 1 amide bonds. The zero-order valence-electron chi connectivity index (χ0n) is 21.4. The van der Waals surface area contributed by atoms with Crippen LogP contribution in [0.5, 0.6) is 0 Å². The minimum Gasteiger partial charge on any atom is -0.378 e. The van der Waals surface area contributed by atoms with E-state index in [1.807, 2.05) is 18.2 Å². The molecule has 0 aliphatic carbocycles. The van der Waals surface area contributed by atoms with Crippen LogP contribution in [0.25, 0.3) is 10.8 Å². The van der Waals surface area contributed by atoms with Crippen LogP contribution < -0.4 is 4.72 Å². The highest BCUT2D eigenvalue weighted by atomic mass is 35.5. The lowest BCUT2D eigenvalue weighted by Gasteiger charge is -2.27. The van der Waals surface area contributed by atoms with Crippen molar-refractivity contribution in [3.8, 4) is 0 Å². The maximum absolute atomic E-state index is 13.3. The van der Waals surface area contributed by atoms with Gasteiger partial charge in [0.05, 0.1) is 23.8 Å². The number of halogens is 2. The molecule has 0 radical (unpaired) electrons. The first-order chi connectivity index (χ1) is 19.2. The van der Waals surface area contributed by atoms with Crippen LogP contribution in [0.3, 0.4) is 0 Å². The van der Waals surface area contributed by atoms with Crippen molar-refractivity contribution in [3.05, 3.63) is 106 Å². The Labute approximate surface area is 242 Å². The molecule has 1 fully saturated rings. The molecule has 1 aliphatic heterocycles. The van der Waals surface area contributed by atoms with E-state index in [0.717, 1.165) is 5.56 Å². The van der Waals surface area contributed by atoms with Gasteiger partial charge in [-0.25, -0.2) is 8.42 Å². The number of amides is 1. The molecule has 1 heterocycles. The maximum Gasteiger partial charge on any atom is 0.262 e. The predicted molar refractivity (Wildman–Crippen MR) is 157 cm³/mol. The summed E-state index contributed by atoms with van der Waals surface area (Å²) in [6, 6.07) is 21.8. The third-order valence-electron chi connectivity index (χ3n) is 6.73. The van der Waals surface area contributed by atoms with Crippen molar-refractivity contribution < 1.29 is 22.7 Å². The molecule has 0 atom stereocenters. The molecule has 1 N–H and O–H groups in total. The Hall–Kier alpha value is -3.43. The molecule has 10 heteroatoms. The number of rotatable bonds is 8. The SMILES string of the molecule is O=C(CCc1cccc(C(=O)N2CCOCC2)c1)c1cccc2c(NS(=O)(=O)c3cc(Cl)cc(Cl)c3)cccc12. The molecule has 0 aromatic heterocycles. The topological polar surface area (TPSA) is 92.8 Å². The van der Waals surface area contributed by atoms with Gasteiger partial charge in [-0.2, -0.15) is 0 Å². The maximum atomic E-state index is 13.3. The average molecular weight is 598 g/mol. The van der Waals surface area contributed by atoms with Crippen molar-refractivity contribution in [1.29, 1.82) is 0 Å². The van der Waals surface area contributed by atoms with Gasteiger partial charge in [0, 0.05) is 46.1 Å². The highest BCUT2D eigenvalue weighted by Gasteiger charge is 2.20. The van der Waals surface area contributed by atoms with Gasteiger partial charge >= 0.3 is 0 Å². The summed E-state index contributed by atoms with van der Waals surface area (Å²) in [5.74, 6) is -0.127. The summed E-state index contributed by atoms with van der Waals surface area (Å²) in [7, 11) is -3.99. The van der Waals surface area contributed by atoms with E-state index in [4.69, 9.17) is 27.9 Å². The Morgan fingerprint density at radius 2 is 1.52 bits per heavy atom. The van der Waals surface area contributed by atoms with Gasteiger partial charge in [0.2, 0.25) is 0 Å². The van der Waals surface area contributed by atoms with Gasteiger partial charge in [0.1, 0.15) is 0 Å². The lowest BCUT2D eigenvalue weighted by atomic mass is 9.96. The first-order valence-corrected chi connectivity index (χ1v) is 14.9. The van der Waals surface area contributed by atoms with Crippen molar-refractivity contribution in [2.24, 2.45) is 0 Å². The number of hydrogen-bond acceptors (Lipinski definition) is 5. The lowest BCUT2D eigenvalue weighted by Crippen LogP contribution is -2.40. The minimum absolute atomic E-state index is 0.0412. The standard InChI is InChI=1S/C30H26Cl2N2O5S/c31-22-17-23(32)19-24(18-22)40(37,38)33-28-9-3-6-25-26(28)7-2-8-27(25)29(35)11-10-20-4-1-5-21(16-20)30(36)34-12-14-39-15-13-34/h1-9,16-19,33H,10-15H2. The Kier molecular flexibility index (Phi) is 8.42. The summed E-state index contributed by atoms with van der Waals surface area (Å²) < 4.78 is 34.1. The van der Waals surface area contributed by atoms with Gasteiger partial charge < -0.3 is 9.64 Å². The number of sulfonamides is 1. The molecule has 7 nitrogen and oxygen atoms in total. The smallest absolute Gasteiger partial charge is 0.262 e. The number of hydrogen-bond donors (Lipinski definition) is 1. The fourth-order valence-electron chi connectivity index (χ4n) is 4.73. The monoisotopic (exact) mass is 596 g/mol. The van der Waals surface area contributed by atoms with Crippen LogP contribution in [-0.4, -0.2) is 51.3 Å². The second-order valence-electron chi connectivity index (χ2n) is 9.45. The van der Waals surface area contributed by atoms with Crippen molar-refractivity contribution >= 4 is 61.4 Å². The quantitative estimate of drug-likeness (QED) is 0.243. The molecular formula is C30H26Cl2N2O5S. The lowest BCUT2D eigenvalue weighted by molar-refractivity contribution is 0.0303. The number of ether oxygens (including phenoxy) is 1. The van der Waals surface area contributed by atoms with Crippen LogP contribution in [0.15, 0.2) is 83.8 Å². The van der Waals surface area contributed by atoms with Crippen molar-refractivity contribution in [3.63, 3.8) is 0 Å². The van der Waals surface area contributed by atoms with E-state index in [1.165, 1.54) is 18.2 Å². The van der Waals surface area contributed by atoms with Crippen molar-refractivity contribution in [2.45, 2.75) is 17.7 Å². The fraction of sp³-hybridized carbons (Fsp3) is 0.200. The first-order valence-electron chi connectivity index (χ1n) is 12.7. The van der Waals surface area contributed by atoms with Crippen LogP contribution >= 0.6 is 23.2 Å². The molecule has 206 valence electrons. The van der Waals surface area contributed by atoms with E-state index in [9.17, 15) is 18.0 Å². The number of aryl methyl sites for hydroxylation is 1. The Morgan fingerprint density at radius 1 is 0.850 bits per heavy atom. The van der Waals surface area contributed by atoms with Gasteiger partial charge in [0.25, 0.3) is 15.9 Å². The highest BCUT2D eigenvalue weighted by molar-refractivity contribution is 7.92. The first kappa shape index (κ1) is 28.1. The number of benzene rings is 4. The molecule has 1 aliphatic rings. The molecule has 1 saturated heterocycles. The number of carbonyl (C=O) groups excluding carboxylic acids is 2. The third kappa shape index (κ3) is 6.31. The fourth-order valence-corrected chi connectivity index (χ4v) is 6.54. The Morgan fingerprint density at radius 3 is 2.27 bits per heavy atom. The Bertz CT molecular complexity index is 1680. The summed E-state index contributed by atoms with van der Waals surface area (Å²) in [6.07, 6.45) is 0.687. The number of Topliss-reactive ketones (excluding diaryl/α,β-unsaturated/α-hetero) is 1. The highest BCUT2D eigenvalue weighted by Crippen LogP contribution is 2.30. The average Bonchev–Trinajstić information content (AvgIpc) is 2.95. The van der Waals surface area contributed by atoms with Crippen LogP contribution in [0.4, 0.5) is 5.69 Å². The van der Waals surface area contributed by atoms with Crippen LogP contribution in [0, 0.1) is 0 Å². The molecular weight excluding hydrogens is 571 g/mol. The van der Waals surface area contributed by atoms with Gasteiger partial charge in [-0.15, -0.1) is 0 Å². The van der Waals surface area contributed by atoms with E-state index >= 15 is 0 Å². The summed E-state index contributed by atoms with van der Waals surface area (Å²) in [4.78, 5) is 27.9. The molecule has 5 rings (SSSR count). The van der Waals surface area contributed by atoms with E-state index in [0.29, 0.717) is 60.3 Å². The van der Waals surface area contributed by atoms with Crippen molar-refractivity contribution in [2.75, 3.05) is 31.0 Å². The molecule has 4 aromatic rings. The number of nitrogens with one attached hydrogen (secondary N) is 1. The van der Waals surface area contributed by atoms with E-state index in [1.54, 1.807) is 47.4 Å². The number of fused-ring (bicyclic) bond motifs is 1. The van der Waals surface area contributed by atoms with Gasteiger partial charge in [-0.3, -0.25) is 14.3 Å². The second kappa shape index (κ2) is 12.0. The van der Waals surface area contributed by atoms with E-state index < -0.39 is 10.0 Å². The Balaban J connectivity index is 1.34. The van der Waals surface area contributed by atoms with E-state index in [-0.39, 0.29) is 33.1 Å². The number of anilines is 1. The van der Waals surface area contributed by atoms with Gasteiger partial charge in [-0.1, -0.05) is 65.7 Å². The third-order valence-corrected chi connectivity index (χ3v) is 8.51. The molecule has 40 heavy (non-hydrogen) atoms. The van der Waals surface area contributed by atoms with Crippen LogP contribution in [-0.2, 0) is 21.2 Å². The molecule has 0 unspecified atom stereocenters. The van der Waals surface area contributed by atoms with Crippen LogP contribution in [0.2, 0.25) is 10.0 Å². The summed E-state index contributed by atoms with van der Waals surface area (Å²) in [5, 5.41) is 1.63. The summed E-state index contributed by atoms with van der Waals surface area (Å²) in [5.41, 5.74) is 2.30. The molecule has 0 spiro atoms. The summed E-state index contributed by atoms with van der Waals surface area (Å²) >= 11 is 12.0. The van der Waals surface area contributed by atoms with Gasteiger partial charge in [0.15, 0.2) is 5.78 Å². The number of morpholine rings is 1. The summed E-state index contributed by atoms with van der Waals surface area (Å²) in [6.45, 7) is 2.19. The zero-order valence-corrected chi connectivity index (χ0v) is 23.7. The largest absolute Gasteiger partial charge is 0.378 e. The molecule has 0 saturated carbocycles. The predicted octanol–water partition coefficient (Wildman–Crippen LogP) is 6.24. The number of nitrogens with zero attached hydrogens (tertiary/aromatic N) is 1. The number of ketones is 1. The number of carbonyl (C=O) groups is 2. The second-order valence-corrected chi connectivity index (χ2v) is 12.0. The van der Waals surface area contributed by atoms with Crippen molar-refractivity contribution in [1.82, 2.24) is 4.90 Å². The van der Waals surface area contributed by atoms with Gasteiger partial charge in [-0.05, 0) is 53.8 Å². The molecule has 0 bridgehead atoms.